The highest BCUT2D eigenvalue weighted by molar-refractivity contribution is 6.04. The molecule has 4 nitrogen and oxygen atoms in total. The average molecular weight is 297 g/mol. The molecule has 2 N–H and O–H groups in total. The van der Waals surface area contributed by atoms with E-state index in [2.05, 4.69) is 29.5 Å². The number of carbonyl (C=O) groups is 1. The number of pyridine rings is 1. The predicted octanol–water partition coefficient (Wildman–Crippen LogP) is 4.10. The van der Waals surface area contributed by atoms with E-state index in [1.54, 1.807) is 6.20 Å². The van der Waals surface area contributed by atoms with Crippen molar-refractivity contribution < 1.29 is 4.79 Å². The Morgan fingerprint density at radius 3 is 2.59 bits per heavy atom. The first-order valence-electron chi connectivity index (χ1n) is 7.63. The maximum atomic E-state index is 12.2. The molecule has 22 heavy (non-hydrogen) atoms. The SMILES string of the molecule is Cc1ccccc1C(=O)Nc1ccc(NCCC(C)C)cn1. The average Bonchev–Trinajstić information content (AvgIpc) is 2.49. The molecule has 1 aromatic heterocycles. The van der Waals surface area contributed by atoms with Crippen molar-refractivity contribution in [2.75, 3.05) is 17.2 Å². The Morgan fingerprint density at radius 1 is 1.18 bits per heavy atom. The van der Waals surface area contributed by atoms with E-state index in [1.165, 1.54) is 0 Å². The van der Waals surface area contributed by atoms with Gasteiger partial charge in [-0.1, -0.05) is 32.0 Å². The van der Waals surface area contributed by atoms with Crippen LogP contribution in [0.1, 0.15) is 36.2 Å². The van der Waals surface area contributed by atoms with Crippen molar-refractivity contribution in [1.82, 2.24) is 4.98 Å². The molecule has 4 heteroatoms. The fraction of sp³-hybridized carbons (Fsp3) is 0.333. The molecule has 0 radical (unpaired) electrons. The van der Waals surface area contributed by atoms with Crippen molar-refractivity contribution in [1.29, 1.82) is 0 Å². The number of hydrogen-bond donors (Lipinski definition) is 2. The van der Waals surface area contributed by atoms with Crippen LogP contribution < -0.4 is 10.6 Å². The van der Waals surface area contributed by atoms with E-state index in [1.807, 2.05) is 43.3 Å². The van der Waals surface area contributed by atoms with Crippen molar-refractivity contribution in [3.05, 3.63) is 53.7 Å². The molecule has 1 aromatic carbocycles. The third-order valence-corrected chi connectivity index (χ3v) is 3.45. The first kappa shape index (κ1) is 16.0. The number of aryl methyl sites for hydroxylation is 1. The molecular formula is C18H23N3O. The molecule has 0 aliphatic rings. The molecule has 2 aromatic rings. The molecule has 0 aliphatic carbocycles. The fourth-order valence-corrected chi connectivity index (χ4v) is 2.09. The Labute approximate surface area is 132 Å². The number of anilines is 2. The van der Waals surface area contributed by atoms with Gasteiger partial charge in [-0.3, -0.25) is 4.79 Å². The zero-order valence-electron chi connectivity index (χ0n) is 13.4. The van der Waals surface area contributed by atoms with Crippen LogP contribution in [0.5, 0.6) is 0 Å². The molecule has 0 aliphatic heterocycles. The summed E-state index contributed by atoms with van der Waals surface area (Å²) in [5.41, 5.74) is 2.59. The number of rotatable bonds is 6. The summed E-state index contributed by atoms with van der Waals surface area (Å²) in [7, 11) is 0. The second-order valence-electron chi connectivity index (χ2n) is 5.81. The molecule has 0 fully saturated rings. The van der Waals surface area contributed by atoms with E-state index in [0.29, 0.717) is 17.3 Å². The molecule has 0 bridgehead atoms. The number of amides is 1. The molecule has 0 unspecified atom stereocenters. The van der Waals surface area contributed by atoms with E-state index >= 15 is 0 Å². The highest BCUT2D eigenvalue weighted by atomic mass is 16.1. The van der Waals surface area contributed by atoms with E-state index in [4.69, 9.17) is 0 Å². The maximum absolute atomic E-state index is 12.2. The number of carbonyl (C=O) groups excluding carboxylic acids is 1. The highest BCUT2D eigenvalue weighted by Crippen LogP contribution is 2.13. The lowest BCUT2D eigenvalue weighted by Gasteiger charge is -2.10. The topological polar surface area (TPSA) is 54.0 Å². The van der Waals surface area contributed by atoms with Gasteiger partial charge in [-0.05, 0) is 43.0 Å². The summed E-state index contributed by atoms with van der Waals surface area (Å²) in [5.74, 6) is 1.10. The monoisotopic (exact) mass is 297 g/mol. The Kier molecular flexibility index (Phi) is 5.53. The van der Waals surface area contributed by atoms with Crippen LogP contribution in [0.2, 0.25) is 0 Å². The fourth-order valence-electron chi connectivity index (χ4n) is 2.09. The van der Waals surface area contributed by atoms with Gasteiger partial charge in [-0.2, -0.15) is 0 Å². The third kappa shape index (κ3) is 4.58. The van der Waals surface area contributed by atoms with Crippen LogP contribution in [0.3, 0.4) is 0 Å². The van der Waals surface area contributed by atoms with E-state index in [0.717, 1.165) is 24.2 Å². The third-order valence-electron chi connectivity index (χ3n) is 3.45. The first-order valence-corrected chi connectivity index (χ1v) is 7.63. The van der Waals surface area contributed by atoms with Gasteiger partial charge in [-0.15, -0.1) is 0 Å². The summed E-state index contributed by atoms with van der Waals surface area (Å²) in [6, 6.07) is 11.3. The van der Waals surface area contributed by atoms with Crippen LogP contribution in [0.15, 0.2) is 42.6 Å². The van der Waals surface area contributed by atoms with Crippen molar-refractivity contribution in [3.63, 3.8) is 0 Å². The van der Waals surface area contributed by atoms with Gasteiger partial charge in [0.2, 0.25) is 0 Å². The minimum Gasteiger partial charge on any atom is -0.384 e. The van der Waals surface area contributed by atoms with Crippen molar-refractivity contribution in [3.8, 4) is 0 Å². The molecular weight excluding hydrogens is 274 g/mol. The number of hydrogen-bond acceptors (Lipinski definition) is 3. The normalized spacial score (nSPS) is 10.5. The smallest absolute Gasteiger partial charge is 0.257 e. The summed E-state index contributed by atoms with van der Waals surface area (Å²) < 4.78 is 0. The largest absolute Gasteiger partial charge is 0.384 e. The molecule has 0 spiro atoms. The molecule has 0 atom stereocenters. The van der Waals surface area contributed by atoms with Gasteiger partial charge in [0.1, 0.15) is 5.82 Å². The summed E-state index contributed by atoms with van der Waals surface area (Å²) in [6.07, 6.45) is 2.86. The lowest BCUT2D eigenvalue weighted by Crippen LogP contribution is -2.14. The van der Waals surface area contributed by atoms with Crippen molar-refractivity contribution >= 4 is 17.4 Å². The van der Waals surface area contributed by atoms with Crippen molar-refractivity contribution in [2.24, 2.45) is 5.92 Å². The molecule has 1 amide bonds. The maximum Gasteiger partial charge on any atom is 0.257 e. The number of nitrogens with zero attached hydrogens (tertiary/aromatic N) is 1. The Balaban J connectivity index is 1.94. The predicted molar refractivity (Wildman–Crippen MR) is 91.3 cm³/mol. The minimum absolute atomic E-state index is 0.133. The number of aromatic nitrogens is 1. The van der Waals surface area contributed by atoms with Crippen LogP contribution in [-0.4, -0.2) is 17.4 Å². The van der Waals surface area contributed by atoms with Crippen LogP contribution in [-0.2, 0) is 0 Å². The van der Waals surface area contributed by atoms with Crippen LogP contribution in [0.4, 0.5) is 11.5 Å². The zero-order chi connectivity index (χ0) is 15.9. The van der Waals surface area contributed by atoms with Crippen molar-refractivity contribution in [2.45, 2.75) is 27.2 Å². The molecule has 0 saturated carbocycles. The quantitative estimate of drug-likeness (QED) is 0.844. The summed E-state index contributed by atoms with van der Waals surface area (Å²) in [5, 5.41) is 6.14. The molecule has 116 valence electrons. The lowest BCUT2D eigenvalue weighted by atomic mass is 10.1. The Morgan fingerprint density at radius 2 is 1.95 bits per heavy atom. The Hall–Kier alpha value is -2.36. The highest BCUT2D eigenvalue weighted by Gasteiger charge is 2.08. The standard InChI is InChI=1S/C18H23N3O/c1-13(2)10-11-19-15-8-9-17(20-12-15)21-18(22)16-7-5-4-6-14(16)3/h4-9,12-13,19H,10-11H2,1-3H3,(H,20,21,22). The van der Waals surface area contributed by atoms with E-state index in [-0.39, 0.29) is 5.91 Å². The summed E-state index contributed by atoms with van der Waals surface area (Å²) in [4.78, 5) is 16.5. The lowest BCUT2D eigenvalue weighted by molar-refractivity contribution is 0.102. The molecule has 1 heterocycles. The second-order valence-corrected chi connectivity index (χ2v) is 5.81. The number of benzene rings is 1. The van der Waals surface area contributed by atoms with Gasteiger partial charge < -0.3 is 10.6 Å². The molecule has 0 saturated heterocycles. The van der Waals surface area contributed by atoms with E-state index in [9.17, 15) is 4.79 Å². The van der Waals surface area contributed by atoms with Gasteiger partial charge in [0.25, 0.3) is 5.91 Å². The Bertz CT molecular complexity index is 620. The summed E-state index contributed by atoms with van der Waals surface area (Å²) in [6.45, 7) is 7.24. The van der Waals surface area contributed by atoms with Crippen LogP contribution >= 0.6 is 0 Å². The van der Waals surface area contributed by atoms with Gasteiger partial charge in [0.05, 0.1) is 11.9 Å². The van der Waals surface area contributed by atoms with E-state index < -0.39 is 0 Å². The zero-order valence-corrected chi connectivity index (χ0v) is 13.4. The van der Waals surface area contributed by atoms with Crippen LogP contribution in [0, 0.1) is 12.8 Å². The van der Waals surface area contributed by atoms with Crippen LogP contribution in [0.25, 0.3) is 0 Å². The summed E-state index contributed by atoms with van der Waals surface area (Å²) >= 11 is 0. The van der Waals surface area contributed by atoms with Gasteiger partial charge in [-0.25, -0.2) is 4.98 Å². The first-order chi connectivity index (χ1) is 10.6. The number of nitrogens with one attached hydrogen (secondary N) is 2. The molecule has 2 rings (SSSR count). The van der Waals surface area contributed by atoms with Gasteiger partial charge in [0, 0.05) is 12.1 Å². The second kappa shape index (κ2) is 7.59. The van der Waals surface area contributed by atoms with Gasteiger partial charge in [0.15, 0.2) is 0 Å². The minimum atomic E-state index is -0.133. The van der Waals surface area contributed by atoms with Gasteiger partial charge >= 0.3 is 0 Å².